The summed E-state index contributed by atoms with van der Waals surface area (Å²) in [4.78, 5) is 11.8. The highest BCUT2D eigenvalue weighted by atomic mass is 16.5. The van der Waals surface area contributed by atoms with E-state index in [-0.39, 0.29) is 19.0 Å². The fourth-order valence-electron chi connectivity index (χ4n) is 1.66. The molecule has 1 aromatic carbocycles. The predicted molar refractivity (Wildman–Crippen MR) is 67.6 cm³/mol. The van der Waals surface area contributed by atoms with Gasteiger partial charge in [-0.05, 0) is 29.8 Å². The van der Waals surface area contributed by atoms with E-state index in [1.54, 1.807) is 34.9 Å². The Morgan fingerprint density at radius 1 is 1.28 bits per heavy atom. The first kappa shape index (κ1) is 12.4. The van der Waals surface area contributed by atoms with Gasteiger partial charge in [0.15, 0.2) is 6.61 Å². The Bertz CT molecular complexity index is 528. The van der Waals surface area contributed by atoms with E-state index in [4.69, 9.17) is 9.84 Å². The number of rotatable bonds is 5. The average Bonchev–Trinajstić information content (AvgIpc) is 2.83. The molecule has 0 aliphatic heterocycles. The van der Waals surface area contributed by atoms with Crippen molar-refractivity contribution in [1.82, 2.24) is 4.57 Å². The maximum Gasteiger partial charge on any atom is 0.216 e. The van der Waals surface area contributed by atoms with Gasteiger partial charge in [-0.25, -0.2) is 0 Å². The van der Waals surface area contributed by atoms with Gasteiger partial charge in [0.25, 0.3) is 0 Å². The third-order valence-corrected chi connectivity index (χ3v) is 2.71. The van der Waals surface area contributed by atoms with Crippen LogP contribution in [-0.2, 0) is 13.7 Å². The molecule has 0 atom stereocenters. The zero-order valence-corrected chi connectivity index (χ0v) is 10.2. The van der Waals surface area contributed by atoms with Crippen LogP contribution in [0.3, 0.4) is 0 Å². The molecular weight excluding hydrogens is 230 g/mol. The van der Waals surface area contributed by atoms with E-state index in [0.29, 0.717) is 11.4 Å². The molecule has 94 valence electrons. The summed E-state index contributed by atoms with van der Waals surface area (Å²) in [7, 11) is 1.82. The largest absolute Gasteiger partial charge is 0.485 e. The minimum Gasteiger partial charge on any atom is -0.485 e. The van der Waals surface area contributed by atoms with Gasteiger partial charge < -0.3 is 14.4 Å². The number of aliphatic hydroxyl groups excluding tert-OH is 1. The third kappa shape index (κ3) is 2.78. The number of ether oxygens (including phenoxy) is 1. The minimum absolute atomic E-state index is 0.00254. The van der Waals surface area contributed by atoms with Crippen molar-refractivity contribution in [3.05, 3.63) is 53.9 Å². The summed E-state index contributed by atoms with van der Waals surface area (Å²) in [5.41, 5.74) is 1.44. The lowest BCUT2D eigenvalue weighted by atomic mass is 10.2. The van der Waals surface area contributed by atoms with Gasteiger partial charge in [-0.1, -0.05) is 12.1 Å². The molecule has 0 aliphatic carbocycles. The highest BCUT2D eigenvalue weighted by Gasteiger charge is 2.09. The van der Waals surface area contributed by atoms with Crippen LogP contribution in [0, 0.1) is 0 Å². The number of hydrogen-bond acceptors (Lipinski definition) is 3. The van der Waals surface area contributed by atoms with Crippen LogP contribution in [0.4, 0.5) is 0 Å². The van der Waals surface area contributed by atoms with Gasteiger partial charge >= 0.3 is 0 Å². The lowest BCUT2D eigenvalue weighted by Gasteiger charge is -2.06. The molecule has 0 aliphatic rings. The van der Waals surface area contributed by atoms with Crippen LogP contribution < -0.4 is 4.74 Å². The summed E-state index contributed by atoms with van der Waals surface area (Å²) in [5.74, 6) is 0.559. The molecule has 1 heterocycles. The van der Waals surface area contributed by atoms with Crippen molar-refractivity contribution in [3.8, 4) is 5.75 Å². The highest BCUT2D eigenvalue weighted by molar-refractivity contribution is 5.95. The molecule has 0 radical (unpaired) electrons. The number of Topliss-reactive ketones (excluding diaryl/α,β-unsaturated/α-hetero) is 1. The molecule has 4 heteroatoms. The molecule has 2 rings (SSSR count). The summed E-state index contributed by atoms with van der Waals surface area (Å²) in [6, 6.07) is 10.6. The first-order chi connectivity index (χ1) is 8.70. The van der Waals surface area contributed by atoms with Crippen LogP contribution in [0.2, 0.25) is 0 Å². The molecule has 0 unspecified atom stereocenters. The molecule has 4 nitrogen and oxygen atoms in total. The minimum atomic E-state index is -0.0614. The van der Waals surface area contributed by atoms with Gasteiger partial charge in [-0.15, -0.1) is 0 Å². The second-order valence-corrected chi connectivity index (χ2v) is 4.02. The summed E-state index contributed by atoms with van der Waals surface area (Å²) in [6.07, 6.45) is 1.82. The SMILES string of the molecule is Cn1cccc1C(=O)COc1ccc(CO)cc1. The van der Waals surface area contributed by atoms with Gasteiger partial charge in [-0.3, -0.25) is 4.79 Å². The molecule has 1 aromatic heterocycles. The number of ketones is 1. The molecule has 0 spiro atoms. The van der Waals surface area contributed by atoms with Crippen LogP contribution in [0.25, 0.3) is 0 Å². The van der Waals surface area contributed by atoms with Gasteiger partial charge in [0.05, 0.1) is 12.3 Å². The Hall–Kier alpha value is -2.07. The number of nitrogens with zero attached hydrogens (tertiary/aromatic N) is 1. The van der Waals surface area contributed by atoms with Crippen LogP contribution >= 0.6 is 0 Å². The van der Waals surface area contributed by atoms with Crippen molar-refractivity contribution in [2.24, 2.45) is 7.05 Å². The van der Waals surface area contributed by atoms with Crippen molar-refractivity contribution >= 4 is 5.78 Å². The van der Waals surface area contributed by atoms with Crippen molar-refractivity contribution in [1.29, 1.82) is 0 Å². The predicted octanol–water partition coefficient (Wildman–Crippen LogP) is 1.78. The van der Waals surface area contributed by atoms with Crippen LogP contribution in [0.5, 0.6) is 5.75 Å². The zero-order chi connectivity index (χ0) is 13.0. The number of carbonyl (C=O) groups is 1. The number of carbonyl (C=O) groups excluding carboxylic acids is 1. The van der Waals surface area contributed by atoms with Crippen molar-refractivity contribution < 1.29 is 14.6 Å². The normalized spacial score (nSPS) is 10.3. The van der Waals surface area contributed by atoms with Crippen molar-refractivity contribution in [2.75, 3.05) is 6.61 Å². The van der Waals surface area contributed by atoms with Gasteiger partial charge in [0, 0.05) is 13.2 Å². The molecule has 18 heavy (non-hydrogen) atoms. The van der Waals surface area contributed by atoms with Gasteiger partial charge in [0.2, 0.25) is 5.78 Å². The Morgan fingerprint density at radius 3 is 2.56 bits per heavy atom. The lowest BCUT2D eigenvalue weighted by molar-refractivity contribution is 0.0913. The van der Waals surface area contributed by atoms with E-state index in [2.05, 4.69) is 0 Å². The maximum absolute atomic E-state index is 11.8. The number of aliphatic hydroxyl groups is 1. The number of aromatic nitrogens is 1. The fraction of sp³-hybridized carbons (Fsp3) is 0.214. The Balaban J connectivity index is 1.95. The summed E-state index contributed by atoms with van der Waals surface area (Å²) in [6.45, 7) is 0.0128. The number of benzene rings is 1. The number of hydrogen-bond donors (Lipinski definition) is 1. The van der Waals surface area contributed by atoms with E-state index in [0.717, 1.165) is 5.56 Å². The first-order valence-electron chi connectivity index (χ1n) is 5.68. The Labute approximate surface area is 105 Å². The smallest absolute Gasteiger partial charge is 0.216 e. The topological polar surface area (TPSA) is 51.5 Å². The molecular formula is C14H15NO3. The summed E-state index contributed by atoms with van der Waals surface area (Å²) in [5, 5.41) is 8.90. The molecule has 1 N–H and O–H groups in total. The zero-order valence-electron chi connectivity index (χ0n) is 10.2. The monoisotopic (exact) mass is 245 g/mol. The second kappa shape index (κ2) is 5.51. The van der Waals surface area contributed by atoms with Crippen molar-refractivity contribution in [2.45, 2.75) is 6.61 Å². The number of aryl methyl sites for hydroxylation is 1. The quantitative estimate of drug-likeness (QED) is 0.817. The van der Waals surface area contributed by atoms with E-state index >= 15 is 0 Å². The van der Waals surface area contributed by atoms with Crippen LogP contribution in [-0.4, -0.2) is 22.1 Å². The lowest BCUT2D eigenvalue weighted by Crippen LogP contribution is -2.14. The van der Waals surface area contributed by atoms with Crippen molar-refractivity contribution in [3.63, 3.8) is 0 Å². The molecule has 0 saturated heterocycles. The van der Waals surface area contributed by atoms with E-state index in [1.807, 2.05) is 19.3 Å². The standard InChI is InChI=1S/C14H15NO3/c1-15-8-2-3-13(15)14(17)10-18-12-6-4-11(9-16)5-7-12/h2-8,16H,9-10H2,1H3. The van der Waals surface area contributed by atoms with E-state index in [9.17, 15) is 4.79 Å². The molecule has 2 aromatic rings. The fourth-order valence-corrected chi connectivity index (χ4v) is 1.66. The van der Waals surface area contributed by atoms with Gasteiger partial charge in [-0.2, -0.15) is 0 Å². The summed E-state index contributed by atoms with van der Waals surface area (Å²) >= 11 is 0. The molecule has 0 amide bonds. The second-order valence-electron chi connectivity index (χ2n) is 4.02. The highest BCUT2D eigenvalue weighted by Crippen LogP contribution is 2.12. The van der Waals surface area contributed by atoms with Gasteiger partial charge in [0.1, 0.15) is 5.75 Å². The van der Waals surface area contributed by atoms with E-state index < -0.39 is 0 Å². The molecule has 0 fully saturated rings. The molecule has 0 bridgehead atoms. The Kier molecular flexibility index (Phi) is 3.79. The third-order valence-electron chi connectivity index (χ3n) is 2.71. The van der Waals surface area contributed by atoms with Crippen LogP contribution in [0.15, 0.2) is 42.6 Å². The van der Waals surface area contributed by atoms with Crippen LogP contribution in [0.1, 0.15) is 16.1 Å². The Morgan fingerprint density at radius 2 is 2.00 bits per heavy atom. The average molecular weight is 245 g/mol. The van der Waals surface area contributed by atoms with E-state index in [1.165, 1.54) is 0 Å². The first-order valence-corrected chi connectivity index (χ1v) is 5.68. The molecule has 0 saturated carbocycles. The summed E-state index contributed by atoms with van der Waals surface area (Å²) < 4.78 is 7.17. The maximum atomic E-state index is 11.8.